The second kappa shape index (κ2) is 6.21. The van der Waals surface area contributed by atoms with Crippen molar-refractivity contribution in [2.24, 2.45) is 0 Å². The van der Waals surface area contributed by atoms with Gasteiger partial charge >= 0.3 is 6.18 Å². The minimum Gasteiger partial charge on any atom is -0.313 e. The molecule has 17 heavy (non-hydrogen) atoms. The smallest absolute Gasteiger partial charge is 0.313 e. The molecule has 0 bridgehead atoms. The summed E-state index contributed by atoms with van der Waals surface area (Å²) in [5.41, 5.74) is 0.739. The minimum absolute atomic E-state index is 0.0135. The van der Waals surface area contributed by atoms with Crippen molar-refractivity contribution in [1.29, 1.82) is 0 Å². The first-order valence-corrected chi connectivity index (χ1v) is 5.48. The van der Waals surface area contributed by atoms with E-state index in [0.29, 0.717) is 6.54 Å². The maximum absolute atomic E-state index is 12.8. The van der Waals surface area contributed by atoms with Crippen molar-refractivity contribution in [1.82, 2.24) is 5.32 Å². The molecule has 6 heteroatoms. The molecule has 0 saturated heterocycles. The van der Waals surface area contributed by atoms with Crippen LogP contribution >= 0.6 is 11.6 Å². The number of hydrogen-bond acceptors (Lipinski definition) is 1. The highest BCUT2D eigenvalue weighted by Crippen LogP contribution is 2.20. The highest BCUT2D eigenvalue weighted by atomic mass is 35.5. The zero-order valence-electron chi connectivity index (χ0n) is 8.95. The van der Waals surface area contributed by atoms with Gasteiger partial charge in [0.25, 0.3) is 0 Å². The van der Waals surface area contributed by atoms with E-state index in [0.717, 1.165) is 5.56 Å². The zero-order chi connectivity index (χ0) is 12.9. The lowest BCUT2D eigenvalue weighted by molar-refractivity contribution is -0.135. The van der Waals surface area contributed by atoms with Gasteiger partial charge in [-0.15, -0.1) is 0 Å². The third kappa shape index (κ3) is 5.89. The van der Waals surface area contributed by atoms with E-state index in [4.69, 9.17) is 11.6 Å². The second-order valence-electron chi connectivity index (χ2n) is 3.64. The van der Waals surface area contributed by atoms with E-state index in [1.54, 1.807) is 0 Å². The van der Waals surface area contributed by atoms with Gasteiger partial charge in [0.1, 0.15) is 5.82 Å². The lowest BCUT2D eigenvalue weighted by atomic mass is 10.2. The van der Waals surface area contributed by atoms with Crippen LogP contribution in [0.5, 0.6) is 0 Å². The molecule has 1 rings (SSSR count). The second-order valence-corrected chi connectivity index (χ2v) is 4.05. The molecule has 0 fully saturated rings. The Balaban J connectivity index is 2.25. The number of hydrogen-bond donors (Lipinski definition) is 1. The van der Waals surface area contributed by atoms with Gasteiger partial charge in [-0.25, -0.2) is 4.39 Å². The minimum atomic E-state index is -4.11. The molecule has 0 aliphatic carbocycles. The molecule has 0 radical (unpaired) electrons. The number of nitrogens with one attached hydrogen (secondary N) is 1. The van der Waals surface area contributed by atoms with Crippen LogP contribution in [0.25, 0.3) is 0 Å². The molecule has 0 unspecified atom stereocenters. The van der Waals surface area contributed by atoms with Crippen molar-refractivity contribution in [3.63, 3.8) is 0 Å². The third-order valence-electron chi connectivity index (χ3n) is 2.13. The number of alkyl halides is 3. The lowest BCUT2D eigenvalue weighted by Crippen LogP contribution is -2.17. The summed E-state index contributed by atoms with van der Waals surface area (Å²) in [6.45, 7) is 0.631. The lowest BCUT2D eigenvalue weighted by Gasteiger charge is -2.07. The quantitative estimate of drug-likeness (QED) is 0.631. The molecule has 0 atom stereocenters. The van der Waals surface area contributed by atoms with Crippen LogP contribution in [-0.2, 0) is 6.54 Å². The molecule has 1 aromatic carbocycles. The fourth-order valence-electron chi connectivity index (χ4n) is 1.30. The van der Waals surface area contributed by atoms with Crippen molar-refractivity contribution in [2.45, 2.75) is 25.6 Å². The average Bonchev–Trinajstić information content (AvgIpc) is 2.21. The van der Waals surface area contributed by atoms with Gasteiger partial charge < -0.3 is 5.32 Å². The molecule has 0 heterocycles. The number of rotatable bonds is 5. The molecule has 0 spiro atoms. The molecule has 1 N–H and O–H groups in total. The molecule has 0 aliphatic rings. The standard InChI is InChI=1S/C11H12ClF4N/c12-9-6-8(2-3-10(9)13)7-17-5-1-4-11(14,15)16/h2-3,6,17H,1,4-5,7H2. The topological polar surface area (TPSA) is 12.0 Å². The molecule has 0 aliphatic heterocycles. The summed E-state index contributed by atoms with van der Waals surface area (Å²) in [4.78, 5) is 0. The molecule has 1 nitrogen and oxygen atoms in total. The monoisotopic (exact) mass is 269 g/mol. The van der Waals surface area contributed by atoms with Crippen molar-refractivity contribution in [2.75, 3.05) is 6.54 Å². The predicted molar refractivity (Wildman–Crippen MR) is 58.4 cm³/mol. The fraction of sp³-hybridized carbons (Fsp3) is 0.455. The van der Waals surface area contributed by atoms with Crippen molar-refractivity contribution < 1.29 is 17.6 Å². The van der Waals surface area contributed by atoms with E-state index in [9.17, 15) is 17.6 Å². The Labute approximate surface area is 102 Å². The summed E-state index contributed by atoms with van der Waals surface area (Å²) in [7, 11) is 0. The Hall–Kier alpha value is -0.810. The maximum Gasteiger partial charge on any atom is 0.389 e. The van der Waals surface area contributed by atoms with Gasteiger partial charge in [-0.1, -0.05) is 17.7 Å². The SMILES string of the molecule is Fc1ccc(CNCCCC(F)(F)F)cc1Cl. The van der Waals surface area contributed by atoms with Gasteiger partial charge in [0.2, 0.25) is 0 Å². The Morgan fingerprint density at radius 1 is 1.24 bits per heavy atom. The summed E-state index contributed by atoms with van der Waals surface area (Å²) < 4.78 is 48.2. The van der Waals surface area contributed by atoms with Crippen molar-refractivity contribution >= 4 is 11.6 Å². The number of benzene rings is 1. The number of halogens is 5. The van der Waals surface area contributed by atoms with E-state index < -0.39 is 18.4 Å². The van der Waals surface area contributed by atoms with E-state index in [2.05, 4.69) is 5.32 Å². The molecule has 96 valence electrons. The maximum atomic E-state index is 12.8. The van der Waals surface area contributed by atoms with Crippen LogP contribution in [0.2, 0.25) is 5.02 Å². The largest absolute Gasteiger partial charge is 0.389 e. The average molecular weight is 270 g/mol. The summed E-state index contributed by atoms with van der Waals surface area (Å²) in [6, 6.07) is 4.22. The normalized spacial score (nSPS) is 11.8. The molecule has 0 saturated carbocycles. The van der Waals surface area contributed by atoms with Crippen LogP contribution < -0.4 is 5.32 Å². The molecular weight excluding hydrogens is 258 g/mol. The summed E-state index contributed by atoms with van der Waals surface area (Å²) in [6.07, 6.45) is -4.89. The molecule has 0 aromatic heterocycles. The van der Waals surface area contributed by atoms with Gasteiger partial charge in [0.05, 0.1) is 5.02 Å². The van der Waals surface area contributed by atoms with Gasteiger partial charge in [-0.2, -0.15) is 13.2 Å². The van der Waals surface area contributed by atoms with Crippen LogP contribution in [0.1, 0.15) is 18.4 Å². The van der Waals surface area contributed by atoms with E-state index in [1.807, 2.05) is 0 Å². The van der Waals surface area contributed by atoms with Crippen molar-refractivity contribution in [3.8, 4) is 0 Å². The molecule has 1 aromatic rings. The Morgan fingerprint density at radius 2 is 1.94 bits per heavy atom. The predicted octanol–water partition coefficient (Wildman–Crippen LogP) is 3.91. The summed E-state index contributed by atoms with van der Waals surface area (Å²) in [5.74, 6) is -0.507. The third-order valence-corrected chi connectivity index (χ3v) is 2.42. The highest BCUT2D eigenvalue weighted by molar-refractivity contribution is 6.30. The van der Waals surface area contributed by atoms with E-state index in [-0.39, 0.29) is 18.0 Å². The Bertz CT molecular complexity index is 365. The Morgan fingerprint density at radius 3 is 2.53 bits per heavy atom. The fourth-order valence-corrected chi connectivity index (χ4v) is 1.50. The van der Waals surface area contributed by atoms with Crippen LogP contribution in [0.3, 0.4) is 0 Å². The van der Waals surface area contributed by atoms with Crippen LogP contribution in [0.15, 0.2) is 18.2 Å². The van der Waals surface area contributed by atoms with Gasteiger partial charge in [-0.3, -0.25) is 0 Å². The first-order valence-electron chi connectivity index (χ1n) is 5.10. The summed E-state index contributed by atoms with van der Waals surface area (Å²) >= 11 is 5.56. The van der Waals surface area contributed by atoms with Crippen LogP contribution in [0.4, 0.5) is 17.6 Å². The van der Waals surface area contributed by atoms with Gasteiger partial charge in [0.15, 0.2) is 0 Å². The summed E-state index contributed by atoms with van der Waals surface area (Å²) in [5, 5.41) is 2.85. The highest BCUT2D eigenvalue weighted by Gasteiger charge is 2.25. The first-order chi connectivity index (χ1) is 7.88. The van der Waals surface area contributed by atoms with Crippen LogP contribution in [0, 0.1) is 5.82 Å². The molecular formula is C11H12ClF4N. The zero-order valence-corrected chi connectivity index (χ0v) is 9.71. The van der Waals surface area contributed by atoms with Gasteiger partial charge in [0, 0.05) is 13.0 Å². The van der Waals surface area contributed by atoms with Crippen molar-refractivity contribution in [3.05, 3.63) is 34.6 Å². The van der Waals surface area contributed by atoms with Gasteiger partial charge in [-0.05, 0) is 30.7 Å². The van der Waals surface area contributed by atoms with E-state index in [1.165, 1.54) is 18.2 Å². The van der Waals surface area contributed by atoms with Crippen LogP contribution in [-0.4, -0.2) is 12.7 Å². The first kappa shape index (κ1) is 14.3. The Kier molecular flexibility index (Phi) is 5.21. The molecule has 0 amide bonds. The van der Waals surface area contributed by atoms with E-state index >= 15 is 0 Å².